The van der Waals surface area contributed by atoms with Crippen molar-refractivity contribution in [3.8, 4) is 22.7 Å². The minimum absolute atomic E-state index is 0.0400. The predicted octanol–water partition coefficient (Wildman–Crippen LogP) is 4.30. The van der Waals surface area contributed by atoms with E-state index in [-0.39, 0.29) is 50.8 Å². The third-order valence-corrected chi connectivity index (χ3v) is 7.72. The van der Waals surface area contributed by atoms with Crippen LogP contribution in [0.25, 0.3) is 16.9 Å². The number of allylic oxidation sites excluding steroid dienone is 1. The van der Waals surface area contributed by atoms with Crippen LogP contribution in [0.5, 0.6) is 5.75 Å². The van der Waals surface area contributed by atoms with Crippen LogP contribution in [0.1, 0.15) is 45.4 Å². The van der Waals surface area contributed by atoms with E-state index in [1.165, 1.54) is 47.5 Å². The number of carbonyl (C=O) groups excluding carboxylic acids is 1. The molecule has 4 aromatic heterocycles. The van der Waals surface area contributed by atoms with E-state index in [0.29, 0.717) is 0 Å². The van der Waals surface area contributed by atoms with Gasteiger partial charge in [-0.2, -0.15) is 0 Å². The third kappa shape index (κ3) is 5.79. The molecule has 3 N–H and O–H groups in total. The molecule has 1 amide bonds. The topological polar surface area (TPSA) is 150 Å². The molecule has 0 bridgehead atoms. The van der Waals surface area contributed by atoms with Gasteiger partial charge in [0, 0.05) is 54.2 Å². The first-order valence-electron chi connectivity index (χ1n) is 12.8. The molecular weight excluding hydrogens is 566 g/mol. The lowest BCUT2D eigenvalue weighted by Gasteiger charge is -2.15. The van der Waals surface area contributed by atoms with Crippen LogP contribution in [0.4, 0.5) is 13.9 Å². The molecule has 0 saturated heterocycles. The Kier molecular flexibility index (Phi) is 8.15. The molecule has 1 aliphatic rings. The molecule has 42 heavy (non-hydrogen) atoms. The normalized spacial score (nSPS) is 16.7. The first kappa shape index (κ1) is 28.7. The number of hydrogen-bond acceptors (Lipinski definition) is 10. The minimum atomic E-state index is -2.86. The first-order chi connectivity index (χ1) is 20.2. The molecule has 1 aliphatic carbocycles. The SMILES string of the molecule is CN=C(/C=C\N)[C@H]1CC1c1nnc(NC(=O)c2cnc(-n3ccc(C)cc3=O)cc2-c2cc(C(F)F)ncc2OC)s1. The lowest BCUT2D eigenvalue weighted by molar-refractivity contribution is 0.102. The summed E-state index contributed by atoms with van der Waals surface area (Å²) < 4.78 is 33.9. The number of nitrogens with one attached hydrogen (secondary N) is 1. The average molecular weight is 593 g/mol. The maximum absolute atomic E-state index is 13.6. The molecule has 1 unspecified atom stereocenters. The molecule has 216 valence electrons. The van der Waals surface area contributed by atoms with E-state index >= 15 is 0 Å². The molecular formula is C28H26F2N8O3S. The molecule has 5 rings (SSSR count). The van der Waals surface area contributed by atoms with Crippen LogP contribution in [0, 0.1) is 12.8 Å². The van der Waals surface area contributed by atoms with Crippen LogP contribution >= 0.6 is 11.3 Å². The van der Waals surface area contributed by atoms with Gasteiger partial charge in [-0.1, -0.05) is 11.3 Å². The highest BCUT2D eigenvalue weighted by Gasteiger charge is 2.43. The number of pyridine rings is 3. The summed E-state index contributed by atoms with van der Waals surface area (Å²) >= 11 is 1.23. The van der Waals surface area contributed by atoms with E-state index in [9.17, 15) is 18.4 Å². The highest BCUT2D eigenvalue weighted by molar-refractivity contribution is 7.15. The highest BCUT2D eigenvalue weighted by Crippen LogP contribution is 2.50. The molecule has 4 aromatic rings. The number of aryl methyl sites for hydroxylation is 1. The fourth-order valence-corrected chi connectivity index (χ4v) is 5.47. The van der Waals surface area contributed by atoms with Crippen molar-refractivity contribution in [2.45, 2.75) is 25.7 Å². The van der Waals surface area contributed by atoms with Crippen molar-refractivity contribution in [2.75, 3.05) is 19.5 Å². The van der Waals surface area contributed by atoms with Crippen LogP contribution < -0.4 is 21.3 Å². The van der Waals surface area contributed by atoms with Crippen molar-refractivity contribution in [1.82, 2.24) is 24.7 Å². The molecule has 0 aromatic carbocycles. The van der Waals surface area contributed by atoms with Crippen molar-refractivity contribution in [3.63, 3.8) is 0 Å². The number of amides is 1. The highest BCUT2D eigenvalue weighted by atomic mass is 32.1. The molecule has 0 aliphatic heterocycles. The van der Waals surface area contributed by atoms with E-state index in [0.717, 1.165) is 35.0 Å². The van der Waals surface area contributed by atoms with Crippen LogP contribution in [-0.4, -0.2) is 50.5 Å². The summed E-state index contributed by atoms with van der Waals surface area (Å²) in [4.78, 5) is 38.6. The second kappa shape index (κ2) is 11.9. The number of carbonyl (C=O) groups is 1. The number of alkyl halides is 2. The number of rotatable bonds is 9. The number of nitrogens with zero attached hydrogens (tertiary/aromatic N) is 6. The Labute approximate surface area is 242 Å². The Morgan fingerprint density at radius 3 is 2.74 bits per heavy atom. The standard InChI is InChI=1S/C28H26F2N8O3S/c1-14-5-7-38(24(39)8-14)23-11-15(17-10-21(25(29)30)33-13-22(17)41-3)19(12-34-23)26(40)35-28-37-36-27(42-28)18-9-16(18)20(32-2)4-6-31/h4-8,10-13,16,18,25H,9,31H2,1-3H3,(H,35,37,40)/b6-4-,32-20?/t16-,18?/m0/s1. The molecule has 0 spiro atoms. The molecule has 2 atom stereocenters. The number of aromatic nitrogens is 5. The number of nitrogens with two attached hydrogens (primary N) is 1. The summed E-state index contributed by atoms with van der Waals surface area (Å²) in [5.41, 5.74) is 6.70. The maximum atomic E-state index is 13.6. The average Bonchev–Trinajstić information content (AvgIpc) is 3.64. The van der Waals surface area contributed by atoms with Gasteiger partial charge in [0.1, 0.15) is 22.3 Å². The van der Waals surface area contributed by atoms with E-state index in [1.807, 2.05) is 0 Å². The van der Waals surface area contributed by atoms with Gasteiger partial charge in [-0.25, -0.2) is 13.8 Å². The summed E-state index contributed by atoms with van der Waals surface area (Å²) in [6.45, 7) is 1.78. The van der Waals surface area contributed by atoms with E-state index in [1.54, 1.807) is 32.3 Å². The summed E-state index contributed by atoms with van der Waals surface area (Å²) in [6.07, 6.45) is 5.15. The first-order valence-corrected chi connectivity index (χ1v) is 13.6. The molecule has 0 radical (unpaired) electrons. The number of ether oxygens (including phenoxy) is 1. The number of aliphatic imine (C=N–C) groups is 1. The Morgan fingerprint density at radius 1 is 1.24 bits per heavy atom. The molecule has 4 heterocycles. The Morgan fingerprint density at radius 2 is 2.05 bits per heavy atom. The monoisotopic (exact) mass is 592 g/mol. The van der Waals surface area contributed by atoms with E-state index in [2.05, 4.69) is 30.5 Å². The fraction of sp³-hybridized carbons (Fsp3) is 0.250. The lowest BCUT2D eigenvalue weighted by atomic mass is 10.00. The second-order valence-corrected chi connectivity index (χ2v) is 10.5. The predicted molar refractivity (Wildman–Crippen MR) is 155 cm³/mol. The molecule has 14 heteroatoms. The zero-order valence-electron chi connectivity index (χ0n) is 22.8. The fourth-order valence-electron chi connectivity index (χ4n) is 4.56. The zero-order chi connectivity index (χ0) is 30.0. The van der Waals surface area contributed by atoms with Crippen molar-refractivity contribution >= 4 is 28.1 Å². The van der Waals surface area contributed by atoms with Gasteiger partial charge >= 0.3 is 0 Å². The van der Waals surface area contributed by atoms with Crippen LogP contribution in [0.2, 0.25) is 0 Å². The van der Waals surface area contributed by atoms with Crippen LogP contribution in [0.15, 0.2) is 64.9 Å². The van der Waals surface area contributed by atoms with Crippen molar-refractivity contribution in [2.24, 2.45) is 16.6 Å². The Balaban J connectivity index is 1.52. The van der Waals surface area contributed by atoms with Crippen molar-refractivity contribution < 1.29 is 18.3 Å². The van der Waals surface area contributed by atoms with Gasteiger partial charge < -0.3 is 10.5 Å². The van der Waals surface area contributed by atoms with Crippen LogP contribution in [0.3, 0.4) is 0 Å². The van der Waals surface area contributed by atoms with Gasteiger partial charge in [0.2, 0.25) is 5.13 Å². The summed E-state index contributed by atoms with van der Waals surface area (Å²) in [7, 11) is 3.06. The maximum Gasteiger partial charge on any atom is 0.280 e. The quantitative estimate of drug-likeness (QED) is 0.273. The largest absolute Gasteiger partial charge is 0.494 e. The number of methoxy groups -OCH3 is 1. The number of hydrogen-bond donors (Lipinski definition) is 2. The lowest BCUT2D eigenvalue weighted by Crippen LogP contribution is -2.19. The zero-order valence-corrected chi connectivity index (χ0v) is 23.6. The van der Waals surface area contributed by atoms with Gasteiger partial charge in [0.05, 0.1) is 18.9 Å². The number of halogens is 2. The van der Waals surface area contributed by atoms with Crippen molar-refractivity contribution in [1.29, 1.82) is 0 Å². The van der Waals surface area contributed by atoms with Crippen molar-refractivity contribution in [3.05, 3.63) is 87.3 Å². The van der Waals surface area contributed by atoms with Gasteiger partial charge in [-0.3, -0.25) is 29.4 Å². The summed E-state index contributed by atoms with van der Waals surface area (Å²) in [5.74, 6) is 0.0144. The van der Waals surface area contributed by atoms with E-state index < -0.39 is 18.0 Å². The molecule has 11 nitrogen and oxygen atoms in total. The van der Waals surface area contributed by atoms with Gasteiger partial charge in [0.25, 0.3) is 17.9 Å². The number of anilines is 1. The van der Waals surface area contributed by atoms with Crippen LogP contribution in [-0.2, 0) is 0 Å². The summed E-state index contributed by atoms with van der Waals surface area (Å²) in [6, 6.07) is 5.78. The Hall–Kier alpha value is -4.85. The third-order valence-electron chi connectivity index (χ3n) is 6.75. The second-order valence-electron chi connectivity index (χ2n) is 9.47. The summed E-state index contributed by atoms with van der Waals surface area (Å²) in [5, 5.41) is 12.1. The molecule has 1 saturated carbocycles. The smallest absolute Gasteiger partial charge is 0.280 e. The molecule has 1 fully saturated rings. The minimum Gasteiger partial charge on any atom is -0.494 e. The van der Waals surface area contributed by atoms with Gasteiger partial charge in [-0.15, -0.1) is 10.2 Å². The van der Waals surface area contributed by atoms with E-state index in [4.69, 9.17) is 10.5 Å². The van der Waals surface area contributed by atoms with Gasteiger partial charge in [0.15, 0.2) is 0 Å². The van der Waals surface area contributed by atoms with Gasteiger partial charge in [-0.05, 0) is 49.4 Å². The Bertz CT molecular complexity index is 1770.